The zero-order chi connectivity index (χ0) is 32.3. The number of nitrogens with zero attached hydrogens (tertiary/aromatic N) is 6. The average molecular weight is 631 g/mol. The average Bonchev–Trinajstić information content (AvgIpc) is 3.55. The van der Waals surface area contributed by atoms with E-state index < -0.39 is 11.6 Å². The molecule has 0 spiro atoms. The molecule has 0 unspecified atom stereocenters. The molecule has 242 valence electrons. The lowest BCUT2D eigenvalue weighted by molar-refractivity contribution is -0.131. The minimum Gasteiger partial charge on any atom is -0.508 e. The molecule has 3 fully saturated rings. The van der Waals surface area contributed by atoms with Crippen LogP contribution in [-0.2, 0) is 11.2 Å². The Morgan fingerprint density at radius 2 is 1.96 bits per heavy atom. The zero-order valence-corrected chi connectivity index (χ0v) is 26.8. The van der Waals surface area contributed by atoms with Gasteiger partial charge in [0.2, 0.25) is 5.91 Å². The summed E-state index contributed by atoms with van der Waals surface area (Å²) in [5, 5.41) is 12.1. The summed E-state index contributed by atoms with van der Waals surface area (Å²) < 4.78 is 38.2. The molecule has 11 heteroatoms. The molecular formula is C35H40F2N6O3. The summed E-state index contributed by atoms with van der Waals surface area (Å²) >= 11 is 0. The summed E-state index contributed by atoms with van der Waals surface area (Å²) in [6.07, 6.45) is 5.10. The molecule has 0 radical (unpaired) electrons. The van der Waals surface area contributed by atoms with E-state index in [0.29, 0.717) is 66.1 Å². The van der Waals surface area contributed by atoms with Gasteiger partial charge in [0, 0.05) is 50.9 Å². The largest absolute Gasteiger partial charge is 0.508 e. The number of aromatic nitrogens is 3. The highest BCUT2D eigenvalue weighted by atomic mass is 19.1. The van der Waals surface area contributed by atoms with Crippen molar-refractivity contribution < 1.29 is 23.4 Å². The molecule has 3 saturated heterocycles. The summed E-state index contributed by atoms with van der Waals surface area (Å²) in [6.45, 7) is 11.6. The number of fused-ring (bicyclic) bond motifs is 3. The number of hydrogen-bond donors (Lipinski definition) is 1. The quantitative estimate of drug-likeness (QED) is 0.290. The second-order valence-corrected chi connectivity index (χ2v) is 13.4. The number of benzene rings is 2. The molecule has 0 saturated carbocycles. The monoisotopic (exact) mass is 630 g/mol. The Bertz CT molecular complexity index is 1850. The Morgan fingerprint density at radius 1 is 1.13 bits per heavy atom. The standard InChI is InChI=1S/C35H40F2N6O3/c1-5-25-28(36)8-7-23-13-24(45)14-26(29(23)25)31-30(37)32-27(16-38-31)33(41-11-12-43(22(4)44)21(3)18-41)40-34(39-32)46-19-35-9-6-10-42(35)17-20(2)15-35/h7-8,13-14,16,20-21,45H,5-6,9-12,15,17-19H2,1-4H3/t20-,21-,35+/m1/s1. The highest BCUT2D eigenvalue weighted by Gasteiger charge is 2.47. The molecule has 46 heavy (non-hydrogen) atoms. The second kappa shape index (κ2) is 11.6. The van der Waals surface area contributed by atoms with E-state index in [2.05, 4.69) is 21.8 Å². The van der Waals surface area contributed by atoms with Crippen LogP contribution in [0.5, 0.6) is 11.8 Å². The van der Waals surface area contributed by atoms with Gasteiger partial charge in [-0.1, -0.05) is 19.9 Å². The smallest absolute Gasteiger partial charge is 0.319 e. The minimum absolute atomic E-state index is 0.00784. The molecule has 3 aliphatic rings. The number of halogens is 2. The van der Waals surface area contributed by atoms with Crippen LogP contribution in [0.2, 0.25) is 0 Å². The van der Waals surface area contributed by atoms with Crippen LogP contribution in [0.4, 0.5) is 14.6 Å². The van der Waals surface area contributed by atoms with Gasteiger partial charge in [-0.05, 0) is 79.6 Å². The van der Waals surface area contributed by atoms with Gasteiger partial charge in [-0.3, -0.25) is 14.7 Å². The molecule has 3 atom stereocenters. The highest BCUT2D eigenvalue weighted by Crippen LogP contribution is 2.42. The molecule has 9 nitrogen and oxygen atoms in total. The first-order valence-corrected chi connectivity index (χ1v) is 16.3. The van der Waals surface area contributed by atoms with Crippen molar-refractivity contribution >= 4 is 33.4 Å². The lowest BCUT2D eigenvalue weighted by Crippen LogP contribution is -2.53. The fourth-order valence-corrected chi connectivity index (χ4v) is 8.19. The van der Waals surface area contributed by atoms with Gasteiger partial charge in [-0.2, -0.15) is 9.97 Å². The van der Waals surface area contributed by atoms with E-state index in [1.54, 1.807) is 25.3 Å². The van der Waals surface area contributed by atoms with Crippen molar-refractivity contribution in [1.29, 1.82) is 0 Å². The molecule has 7 rings (SSSR count). The Kier molecular flexibility index (Phi) is 7.70. The van der Waals surface area contributed by atoms with Gasteiger partial charge >= 0.3 is 6.01 Å². The summed E-state index contributed by atoms with van der Waals surface area (Å²) in [5.41, 5.74) is 0.632. The van der Waals surface area contributed by atoms with Crippen LogP contribution < -0.4 is 9.64 Å². The number of rotatable bonds is 6. The number of aromatic hydroxyl groups is 1. The Labute approximate surface area is 267 Å². The molecule has 3 aliphatic heterocycles. The van der Waals surface area contributed by atoms with Gasteiger partial charge < -0.3 is 19.6 Å². The van der Waals surface area contributed by atoms with E-state index in [1.807, 2.05) is 23.6 Å². The Hall–Kier alpha value is -4.12. The number of phenolic OH excluding ortho intramolecular Hbond substituents is 1. The number of aryl methyl sites for hydroxylation is 1. The van der Waals surface area contributed by atoms with Crippen molar-refractivity contribution in [2.75, 3.05) is 44.2 Å². The number of piperazine rings is 1. The number of pyridine rings is 1. The lowest BCUT2D eigenvalue weighted by Gasteiger charge is -2.40. The van der Waals surface area contributed by atoms with Gasteiger partial charge in [0.1, 0.15) is 35.2 Å². The van der Waals surface area contributed by atoms with Crippen LogP contribution in [0.1, 0.15) is 52.5 Å². The number of carbonyl (C=O) groups is 1. The van der Waals surface area contributed by atoms with Crippen molar-refractivity contribution in [3.63, 3.8) is 0 Å². The third kappa shape index (κ3) is 5.09. The maximum atomic E-state index is 16.9. The van der Waals surface area contributed by atoms with E-state index in [-0.39, 0.29) is 46.0 Å². The van der Waals surface area contributed by atoms with Crippen molar-refractivity contribution in [3.05, 3.63) is 47.7 Å². The van der Waals surface area contributed by atoms with Crippen molar-refractivity contribution in [1.82, 2.24) is 24.8 Å². The van der Waals surface area contributed by atoms with E-state index in [4.69, 9.17) is 9.72 Å². The fraction of sp³-hybridized carbons (Fsp3) is 0.486. The summed E-state index contributed by atoms with van der Waals surface area (Å²) in [4.78, 5) is 32.6. The van der Waals surface area contributed by atoms with Crippen molar-refractivity contribution in [2.45, 2.75) is 65.0 Å². The molecule has 2 aromatic carbocycles. The van der Waals surface area contributed by atoms with Crippen LogP contribution >= 0.6 is 0 Å². The SMILES string of the molecule is CCc1c(F)ccc2cc(O)cc(-c3ncc4c(N5CCN(C(C)=O)[C@H](C)C5)nc(OC[C@@]56CCCN5C[C@H](C)C6)nc4c3F)c12. The fourth-order valence-electron chi connectivity index (χ4n) is 8.19. The number of ether oxygens (including phenoxy) is 1. The lowest BCUT2D eigenvalue weighted by atomic mass is 9.92. The Balaban J connectivity index is 1.36. The predicted molar refractivity (Wildman–Crippen MR) is 173 cm³/mol. The van der Waals surface area contributed by atoms with Gasteiger partial charge in [0.25, 0.3) is 0 Å². The zero-order valence-electron chi connectivity index (χ0n) is 26.8. The molecule has 1 N–H and O–H groups in total. The summed E-state index contributed by atoms with van der Waals surface area (Å²) in [6, 6.07) is 5.91. The summed E-state index contributed by atoms with van der Waals surface area (Å²) in [7, 11) is 0. The van der Waals surface area contributed by atoms with Crippen LogP contribution in [0.25, 0.3) is 32.9 Å². The molecule has 0 aliphatic carbocycles. The van der Waals surface area contributed by atoms with E-state index in [9.17, 15) is 14.3 Å². The van der Waals surface area contributed by atoms with Gasteiger partial charge in [0.05, 0.1) is 10.9 Å². The molecule has 1 amide bonds. The van der Waals surface area contributed by atoms with E-state index in [1.165, 1.54) is 12.1 Å². The normalized spacial score (nSPS) is 23.4. The van der Waals surface area contributed by atoms with Gasteiger partial charge in [-0.15, -0.1) is 0 Å². The van der Waals surface area contributed by atoms with Crippen LogP contribution in [0.15, 0.2) is 30.5 Å². The van der Waals surface area contributed by atoms with Crippen LogP contribution in [-0.4, -0.2) is 86.7 Å². The predicted octanol–water partition coefficient (Wildman–Crippen LogP) is 5.70. The number of amides is 1. The maximum absolute atomic E-state index is 16.9. The minimum atomic E-state index is -0.699. The first kappa shape index (κ1) is 30.5. The molecule has 2 aromatic heterocycles. The third-order valence-corrected chi connectivity index (χ3v) is 10.2. The van der Waals surface area contributed by atoms with Crippen molar-refractivity contribution in [3.8, 4) is 23.0 Å². The first-order chi connectivity index (χ1) is 22.1. The highest BCUT2D eigenvalue weighted by molar-refractivity contribution is 6.01. The second-order valence-electron chi connectivity index (χ2n) is 13.4. The molecule has 5 heterocycles. The van der Waals surface area contributed by atoms with Gasteiger partial charge in [0.15, 0.2) is 5.82 Å². The van der Waals surface area contributed by atoms with Gasteiger partial charge in [-0.25, -0.2) is 8.78 Å². The first-order valence-electron chi connectivity index (χ1n) is 16.3. The Morgan fingerprint density at radius 3 is 2.72 bits per heavy atom. The molecule has 0 bridgehead atoms. The molecular weight excluding hydrogens is 590 g/mol. The topological polar surface area (TPSA) is 94.9 Å². The van der Waals surface area contributed by atoms with E-state index >= 15 is 4.39 Å². The number of carbonyl (C=O) groups excluding carboxylic acids is 1. The molecule has 4 aromatic rings. The van der Waals surface area contributed by atoms with Crippen LogP contribution in [0.3, 0.4) is 0 Å². The number of anilines is 1. The van der Waals surface area contributed by atoms with E-state index in [0.717, 1.165) is 32.4 Å². The maximum Gasteiger partial charge on any atom is 0.319 e. The number of phenols is 1. The van der Waals surface area contributed by atoms with Crippen LogP contribution in [0, 0.1) is 17.6 Å². The van der Waals surface area contributed by atoms with Crippen molar-refractivity contribution in [2.24, 2.45) is 5.92 Å². The third-order valence-electron chi connectivity index (χ3n) is 10.2. The number of hydrogen-bond acceptors (Lipinski definition) is 8. The summed E-state index contributed by atoms with van der Waals surface area (Å²) in [5.74, 6) is -0.105.